The lowest BCUT2D eigenvalue weighted by Gasteiger charge is -2.13. The van der Waals surface area contributed by atoms with E-state index in [2.05, 4.69) is 5.10 Å². The summed E-state index contributed by atoms with van der Waals surface area (Å²) in [6.07, 6.45) is -3.17. The summed E-state index contributed by atoms with van der Waals surface area (Å²) in [6.45, 7) is 2.12. The first-order chi connectivity index (χ1) is 6.86. The van der Waals surface area contributed by atoms with Crippen molar-refractivity contribution in [1.82, 2.24) is 14.7 Å². The van der Waals surface area contributed by atoms with Gasteiger partial charge in [0.1, 0.15) is 0 Å². The second-order valence-corrected chi connectivity index (χ2v) is 2.97. The van der Waals surface area contributed by atoms with Crippen LogP contribution in [-0.2, 0) is 6.18 Å². The molecule has 1 rings (SSSR count). The van der Waals surface area contributed by atoms with Crippen molar-refractivity contribution in [2.75, 3.05) is 13.6 Å². The highest BCUT2D eigenvalue weighted by molar-refractivity contribution is 5.75. The summed E-state index contributed by atoms with van der Waals surface area (Å²) in [5.41, 5.74) is -0.930. The summed E-state index contributed by atoms with van der Waals surface area (Å²) >= 11 is 0. The quantitative estimate of drug-likeness (QED) is 0.725. The summed E-state index contributed by atoms with van der Waals surface area (Å²) in [5, 5.41) is 3.36. The van der Waals surface area contributed by atoms with Crippen molar-refractivity contribution < 1.29 is 18.0 Å². The maximum Gasteiger partial charge on any atom is 0.419 e. The molecule has 1 aromatic heterocycles. The van der Waals surface area contributed by atoms with Gasteiger partial charge in [-0.15, -0.1) is 0 Å². The van der Waals surface area contributed by atoms with E-state index in [1.807, 2.05) is 0 Å². The third-order valence-corrected chi connectivity index (χ3v) is 1.91. The molecular formula is C8H10F3N3O. The number of carbonyl (C=O) groups excluding carboxylic acids is 1. The molecule has 0 aliphatic rings. The third kappa shape index (κ3) is 2.48. The van der Waals surface area contributed by atoms with Gasteiger partial charge in [0.25, 0.3) is 0 Å². The van der Waals surface area contributed by atoms with Gasteiger partial charge in [0.15, 0.2) is 0 Å². The number of hydrogen-bond donors (Lipinski definition) is 0. The van der Waals surface area contributed by atoms with Crippen molar-refractivity contribution in [3.05, 3.63) is 18.0 Å². The largest absolute Gasteiger partial charge is 0.419 e. The Morgan fingerprint density at radius 1 is 1.60 bits per heavy atom. The van der Waals surface area contributed by atoms with Gasteiger partial charge in [0.2, 0.25) is 0 Å². The van der Waals surface area contributed by atoms with Gasteiger partial charge in [0, 0.05) is 19.8 Å². The fourth-order valence-electron chi connectivity index (χ4n) is 0.884. The van der Waals surface area contributed by atoms with Crippen LogP contribution in [0.2, 0.25) is 0 Å². The van der Waals surface area contributed by atoms with Crippen LogP contribution in [0, 0.1) is 0 Å². The number of aromatic nitrogens is 2. The van der Waals surface area contributed by atoms with Gasteiger partial charge in [-0.1, -0.05) is 0 Å². The van der Waals surface area contributed by atoms with Crippen molar-refractivity contribution in [3.63, 3.8) is 0 Å². The van der Waals surface area contributed by atoms with Crippen molar-refractivity contribution >= 4 is 6.03 Å². The van der Waals surface area contributed by atoms with Crippen LogP contribution in [0.4, 0.5) is 18.0 Å². The Labute approximate surface area is 84.3 Å². The van der Waals surface area contributed by atoms with Gasteiger partial charge < -0.3 is 4.90 Å². The first kappa shape index (κ1) is 11.5. The van der Waals surface area contributed by atoms with E-state index >= 15 is 0 Å². The highest BCUT2D eigenvalue weighted by Crippen LogP contribution is 2.28. The molecule has 0 aliphatic carbocycles. The Morgan fingerprint density at radius 3 is 2.60 bits per heavy atom. The van der Waals surface area contributed by atoms with E-state index in [1.165, 1.54) is 11.9 Å². The number of amides is 1. The predicted molar refractivity (Wildman–Crippen MR) is 46.3 cm³/mol. The first-order valence-electron chi connectivity index (χ1n) is 4.23. The molecule has 4 nitrogen and oxygen atoms in total. The monoisotopic (exact) mass is 221 g/mol. The van der Waals surface area contributed by atoms with Crippen LogP contribution in [0.3, 0.4) is 0 Å². The molecule has 0 N–H and O–H groups in total. The minimum absolute atomic E-state index is 0.403. The highest BCUT2D eigenvalue weighted by Gasteiger charge is 2.32. The summed E-state index contributed by atoms with van der Waals surface area (Å²) in [7, 11) is 1.48. The van der Waals surface area contributed by atoms with E-state index in [-0.39, 0.29) is 0 Å². The maximum atomic E-state index is 12.2. The van der Waals surface area contributed by atoms with Crippen molar-refractivity contribution in [2.45, 2.75) is 13.1 Å². The van der Waals surface area contributed by atoms with E-state index in [0.717, 1.165) is 0 Å². The SMILES string of the molecule is CCN(C)C(=O)n1cc(C(F)(F)F)cn1. The minimum Gasteiger partial charge on any atom is -0.326 e. The first-order valence-corrected chi connectivity index (χ1v) is 4.23. The van der Waals surface area contributed by atoms with Gasteiger partial charge >= 0.3 is 12.2 Å². The molecule has 0 saturated carbocycles. The zero-order valence-electron chi connectivity index (χ0n) is 8.25. The molecule has 0 fully saturated rings. The molecule has 15 heavy (non-hydrogen) atoms. The number of alkyl halides is 3. The van der Waals surface area contributed by atoms with Gasteiger partial charge in [-0.05, 0) is 6.92 Å². The van der Waals surface area contributed by atoms with E-state index < -0.39 is 17.8 Å². The number of halogens is 3. The van der Waals surface area contributed by atoms with E-state index in [1.54, 1.807) is 6.92 Å². The Kier molecular flexibility index (Phi) is 3.01. The molecule has 0 unspecified atom stereocenters. The molecule has 0 atom stereocenters. The van der Waals surface area contributed by atoms with Crippen LogP contribution in [0.1, 0.15) is 12.5 Å². The molecule has 1 amide bonds. The average Bonchev–Trinajstić information content (AvgIpc) is 2.63. The lowest BCUT2D eigenvalue weighted by molar-refractivity contribution is -0.137. The summed E-state index contributed by atoms with van der Waals surface area (Å²) < 4.78 is 37.2. The average molecular weight is 221 g/mol. The van der Waals surface area contributed by atoms with Crippen LogP contribution in [0.15, 0.2) is 12.4 Å². The molecule has 0 aromatic carbocycles. The molecule has 0 radical (unpaired) electrons. The van der Waals surface area contributed by atoms with E-state index in [9.17, 15) is 18.0 Å². The number of nitrogens with zero attached hydrogens (tertiary/aromatic N) is 3. The fourth-order valence-corrected chi connectivity index (χ4v) is 0.884. The molecule has 1 heterocycles. The zero-order valence-corrected chi connectivity index (χ0v) is 8.25. The summed E-state index contributed by atoms with van der Waals surface area (Å²) in [6, 6.07) is -0.590. The molecular weight excluding hydrogens is 211 g/mol. The van der Waals surface area contributed by atoms with Gasteiger partial charge in [0.05, 0.1) is 11.8 Å². The number of hydrogen-bond acceptors (Lipinski definition) is 2. The van der Waals surface area contributed by atoms with Crippen LogP contribution >= 0.6 is 0 Å². The maximum absolute atomic E-state index is 12.2. The Hall–Kier alpha value is -1.53. The van der Waals surface area contributed by atoms with Gasteiger partial charge in [-0.2, -0.15) is 23.0 Å². The summed E-state index contributed by atoms with van der Waals surface area (Å²) in [5.74, 6) is 0. The van der Waals surface area contributed by atoms with E-state index in [0.29, 0.717) is 23.6 Å². The second-order valence-electron chi connectivity index (χ2n) is 2.97. The second kappa shape index (κ2) is 3.92. The van der Waals surface area contributed by atoms with Crippen LogP contribution < -0.4 is 0 Å². The third-order valence-electron chi connectivity index (χ3n) is 1.91. The van der Waals surface area contributed by atoms with Crippen molar-refractivity contribution in [2.24, 2.45) is 0 Å². The van der Waals surface area contributed by atoms with Crippen molar-refractivity contribution in [3.8, 4) is 0 Å². The normalized spacial score (nSPS) is 11.5. The van der Waals surface area contributed by atoms with Gasteiger partial charge in [-0.3, -0.25) is 0 Å². The van der Waals surface area contributed by atoms with Crippen LogP contribution in [-0.4, -0.2) is 34.3 Å². The minimum atomic E-state index is -4.47. The molecule has 0 bridgehead atoms. The molecule has 1 aromatic rings. The lowest BCUT2D eigenvalue weighted by Crippen LogP contribution is -2.31. The van der Waals surface area contributed by atoms with E-state index in [4.69, 9.17) is 0 Å². The summed E-state index contributed by atoms with van der Waals surface area (Å²) in [4.78, 5) is 12.6. The standard InChI is InChI=1S/C8H10F3N3O/c1-3-13(2)7(15)14-5-6(4-12-14)8(9,10)11/h4-5H,3H2,1-2H3. The molecule has 84 valence electrons. The lowest BCUT2D eigenvalue weighted by atomic mass is 10.4. The van der Waals surface area contributed by atoms with Crippen molar-refractivity contribution in [1.29, 1.82) is 0 Å². The highest BCUT2D eigenvalue weighted by atomic mass is 19.4. The van der Waals surface area contributed by atoms with Crippen LogP contribution in [0.5, 0.6) is 0 Å². The predicted octanol–water partition coefficient (Wildman–Crippen LogP) is 1.82. The zero-order chi connectivity index (χ0) is 11.6. The molecule has 0 spiro atoms. The molecule has 0 aliphatic heterocycles. The van der Waals surface area contributed by atoms with Crippen LogP contribution in [0.25, 0.3) is 0 Å². The number of carbonyl (C=O) groups is 1. The smallest absolute Gasteiger partial charge is 0.326 e. The fraction of sp³-hybridized carbons (Fsp3) is 0.500. The molecule has 7 heteroatoms. The Balaban J connectivity index is 2.90. The topological polar surface area (TPSA) is 38.1 Å². The molecule has 0 saturated heterocycles. The Morgan fingerprint density at radius 2 is 2.20 bits per heavy atom. The number of rotatable bonds is 1. The Bertz CT molecular complexity index is 358. The van der Waals surface area contributed by atoms with Gasteiger partial charge in [-0.25, -0.2) is 4.79 Å².